The Morgan fingerprint density at radius 3 is 2.47 bits per heavy atom. The highest BCUT2D eigenvalue weighted by atomic mass is 35.5. The smallest absolute Gasteiger partial charge is 0.238 e. The topological polar surface area (TPSA) is 104 Å². The second-order valence-electron chi connectivity index (χ2n) is 7.97. The molecule has 1 saturated carbocycles. The molecule has 2 aromatic carbocycles. The van der Waals surface area contributed by atoms with E-state index >= 15 is 0 Å². The third-order valence-electron chi connectivity index (χ3n) is 6.05. The molecule has 170 valence electrons. The number of hydrogen-bond acceptors (Lipinski definition) is 6. The van der Waals surface area contributed by atoms with E-state index in [1.165, 1.54) is 20.3 Å². The van der Waals surface area contributed by atoms with Crippen LogP contribution in [0.4, 0.5) is 5.69 Å². The zero-order valence-corrected chi connectivity index (χ0v) is 19.5. The number of sulfonamides is 1. The summed E-state index contributed by atoms with van der Waals surface area (Å²) in [5.74, 6) is 0.934. The highest BCUT2D eigenvalue weighted by Crippen LogP contribution is 2.45. The molecule has 0 aliphatic heterocycles. The van der Waals surface area contributed by atoms with Crippen LogP contribution in [0.3, 0.4) is 0 Å². The SMILES string of the molecule is COc1ccc(S(N)(=O)=O)c(C2CCC(Nc3ccnc4cc(Cl)ccc34)CC2)c1OC. The van der Waals surface area contributed by atoms with Crippen LogP contribution in [0.5, 0.6) is 11.5 Å². The predicted octanol–water partition coefficient (Wildman–Crippen LogP) is 4.69. The maximum absolute atomic E-state index is 12.3. The number of aromatic nitrogens is 1. The van der Waals surface area contributed by atoms with Crippen molar-refractivity contribution in [1.29, 1.82) is 0 Å². The van der Waals surface area contributed by atoms with Gasteiger partial charge in [-0.2, -0.15) is 0 Å². The normalized spacial score (nSPS) is 19.0. The minimum Gasteiger partial charge on any atom is -0.493 e. The lowest BCUT2D eigenvalue weighted by atomic mass is 9.81. The van der Waals surface area contributed by atoms with Gasteiger partial charge in [-0.25, -0.2) is 13.6 Å². The number of pyridine rings is 1. The van der Waals surface area contributed by atoms with Gasteiger partial charge in [0.2, 0.25) is 10.0 Å². The Morgan fingerprint density at radius 2 is 1.81 bits per heavy atom. The lowest BCUT2D eigenvalue weighted by Gasteiger charge is -2.32. The van der Waals surface area contributed by atoms with Gasteiger partial charge in [0.05, 0.1) is 24.6 Å². The number of benzene rings is 2. The van der Waals surface area contributed by atoms with Gasteiger partial charge in [0.25, 0.3) is 0 Å². The molecule has 1 aliphatic carbocycles. The number of hydrogen-bond donors (Lipinski definition) is 2. The highest BCUT2D eigenvalue weighted by molar-refractivity contribution is 7.89. The minimum atomic E-state index is -3.90. The first kappa shape index (κ1) is 22.6. The molecular weight excluding hydrogens is 450 g/mol. The minimum absolute atomic E-state index is 0.000541. The fourth-order valence-corrected chi connectivity index (χ4v) is 5.55. The van der Waals surface area contributed by atoms with Crippen LogP contribution in [0.15, 0.2) is 47.5 Å². The number of nitrogens with two attached hydrogens (primary N) is 1. The molecule has 0 radical (unpaired) electrons. The lowest BCUT2D eigenvalue weighted by Crippen LogP contribution is -2.27. The highest BCUT2D eigenvalue weighted by Gasteiger charge is 2.31. The first-order valence-corrected chi connectivity index (χ1v) is 12.3. The number of nitrogens with one attached hydrogen (secondary N) is 1. The molecule has 0 amide bonds. The number of methoxy groups -OCH3 is 2. The van der Waals surface area contributed by atoms with Gasteiger partial charge in [-0.1, -0.05) is 11.6 Å². The zero-order chi connectivity index (χ0) is 22.9. The quantitative estimate of drug-likeness (QED) is 0.536. The number of ether oxygens (including phenoxy) is 2. The molecule has 3 N–H and O–H groups in total. The summed E-state index contributed by atoms with van der Waals surface area (Å²) in [5.41, 5.74) is 2.46. The molecular formula is C23H26ClN3O4S. The number of halogens is 1. The zero-order valence-electron chi connectivity index (χ0n) is 18.0. The Balaban J connectivity index is 1.57. The van der Waals surface area contributed by atoms with Crippen molar-refractivity contribution in [2.75, 3.05) is 19.5 Å². The van der Waals surface area contributed by atoms with Crippen LogP contribution in [0.2, 0.25) is 5.02 Å². The fourth-order valence-electron chi connectivity index (χ4n) is 4.56. The van der Waals surface area contributed by atoms with E-state index < -0.39 is 10.0 Å². The van der Waals surface area contributed by atoms with E-state index in [2.05, 4.69) is 10.3 Å². The van der Waals surface area contributed by atoms with Gasteiger partial charge < -0.3 is 14.8 Å². The summed E-state index contributed by atoms with van der Waals surface area (Å²) in [5, 5.41) is 10.8. The molecule has 32 heavy (non-hydrogen) atoms. The summed E-state index contributed by atoms with van der Waals surface area (Å²) >= 11 is 6.10. The Morgan fingerprint density at radius 1 is 1.06 bits per heavy atom. The summed E-state index contributed by atoms with van der Waals surface area (Å²) in [4.78, 5) is 4.50. The fraction of sp³-hybridized carbons (Fsp3) is 0.348. The third-order valence-corrected chi connectivity index (χ3v) is 7.25. The predicted molar refractivity (Wildman–Crippen MR) is 126 cm³/mol. The van der Waals surface area contributed by atoms with Crippen molar-refractivity contribution < 1.29 is 17.9 Å². The van der Waals surface area contributed by atoms with Crippen LogP contribution in [0.1, 0.15) is 37.2 Å². The van der Waals surface area contributed by atoms with Crippen molar-refractivity contribution in [1.82, 2.24) is 4.98 Å². The molecule has 0 bridgehead atoms. The van der Waals surface area contributed by atoms with Gasteiger partial charge in [0, 0.05) is 33.9 Å². The Kier molecular flexibility index (Phi) is 6.46. The van der Waals surface area contributed by atoms with E-state index in [0.717, 1.165) is 42.3 Å². The largest absolute Gasteiger partial charge is 0.493 e. The van der Waals surface area contributed by atoms with Crippen LogP contribution in [0.25, 0.3) is 10.9 Å². The van der Waals surface area contributed by atoms with Crippen molar-refractivity contribution >= 4 is 38.2 Å². The molecule has 0 atom stereocenters. The van der Waals surface area contributed by atoms with E-state index in [-0.39, 0.29) is 16.9 Å². The number of rotatable bonds is 6. The standard InChI is InChI=1S/C23H26ClN3O4S/c1-30-20-9-10-21(32(25,28)29)22(23(20)31-2)14-3-6-16(7-4-14)27-18-11-12-26-19-13-15(24)5-8-17(18)19/h5,8-14,16H,3-4,6-7H2,1-2H3,(H,26,27)(H2,25,28,29). The van der Waals surface area contributed by atoms with Crippen molar-refractivity contribution in [3.8, 4) is 11.5 Å². The summed E-state index contributed by atoms with van der Waals surface area (Å²) in [6.45, 7) is 0. The molecule has 1 aliphatic rings. The van der Waals surface area contributed by atoms with Crippen molar-refractivity contribution in [3.63, 3.8) is 0 Å². The van der Waals surface area contributed by atoms with E-state index in [0.29, 0.717) is 22.1 Å². The van der Waals surface area contributed by atoms with Gasteiger partial charge in [-0.15, -0.1) is 0 Å². The van der Waals surface area contributed by atoms with Crippen LogP contribution in [-0.2, 0) is 10.0 Å². The molecule has 1 aromatic heterocycles. The first-order valence-electron chi connectivity index (χ1n) is 10.4. The van der Waals surface area contributed by atoms with Gasteiger partial charge >= 0.3 is 0 Å². The maximum atomic E-state index is 12.3. The summed E-state index contributed by atoms with van der Waals surface area (Å²) in [7, 11) is -0.850. The van der Waals surface area contributed by atoms with E-state index in [4.69, 9.17) is 26.2 Å². The molecule has 9 heteroatoms. The van der Waals surface area contributed by atoms with Crippen LogP contribution in [0, 0.1) is 0 Å². The van der Waals surface area contributed by atoms with Crippen LogP contribution >= 0.6 is 11.6 Å². The lowest BCUT2D eigenvalue weighted by molar-refractivity contribution is 0.337. The number of anilines is 1. The number of primary sulfonamides is 1. The molecule has 0 unspecified atom stereocenters. The van der Waals surface area contributed by atoms with Crippen molar-refractivity contribution in [3.05, 3.63) is 53.2 Å². The molecule has 4 rings (SSSR count). The third kappa shape index (κ3) is 4.48. The average molecular weight is 476 g/mol. The van der Waals surface area contributed by atoms with Gasteiger partial charge in [-0.05, 0) is 68.0 Å². The van der Waals surface area contributed by atoms with Gasteiger partial charge in [0.15, 0.2) is 11.5 Å². The van der Waals surface area contributed by atoms with Crippen molar-refractivity contribution in [2.24, 2.45) is 5.14 Å². The summed E-state index contributed by atoms with van der Waals surface area (Å²) in [6.07, 6.45) is 5.09. The average Bonchev–Trinajstić information content (AvgIpc) is 2.78. The monoisotopic (exact) mass is 475 g/mol. The number of nitrogens with zero attached hydrogens (tertiary/aromatic N) is 1. The Bertz CT molecular complexity index is 1240. The molecule has 1 heterocycles. The molecule has 0 saturated heterocycles. The first-order chi connectivity index (χ1) is 15.3. The van der Waals surface area contributed by atoms with Gasteiger partial charge in [0.1, 0.15) is 0 Å². The second-order valence-corrected chi connectivity index (χ2v) is 9.94. The van der Waals surface area contributed by atoms with Crippen molar-refractivity contribution in [2.45, 2.75) is 42.5 Å². The van der Waals surface area contributed by atoms with E-state index in [9.17, 15) is 8.42 Å². The van der Waals surface area contributed by atoms with Crippen LogP contribution in [-0.4, -0.2) is 33.7 Å². The van der Waals surface area contributed by atoms with Crippen LogP contribution < -0.4 is 19.9 Å². The number of fused-ring (bicyclic) bond motifs is 1. The Labute approximate surface area is 192 Å². The summed E-state index contributed by atoms with van der Waals surface area (Å²) < 4.78 is 35.5. The molecule has 3 aromatic rings. The summed E-state index contributed by atoms with van der Waals surface area (Å²) in [6, 6.07) is 11.0. The molecule has 7 nitrogen and oxygen atoms in total. The maximum Gasteiger partial charge on any atom is 0.238 e. The van der Waals surface area contributed by atoms with E-state index in [1.54, 1.807) is 12.3 Å². The molecule has 1 fully saturated rings. The second kappa shape index (κ2) is 9.13. The molecule has 0 spiro atoms. The Hall–Kier alpha value is -2.55. The van der Waals surface area contributed by atoms with E-state index in [1.807, 2.05) is 24.3 Å². The van der Waals surface area contributed by atoms with Gasteiger partial charge in [-0.3, -0.25) is 4.98 Å².